The Labute approximate surface area is 872 Å². The quantitative estimate of drug-likeness (QED) is 0.0675. The first-order valence-corrected chi connectivity index (χ1v) is 50.3. The molecule has 20 rings (SSSR count). The van der Waals surface area contributed by atoms with Gasteiger partial charge in [-0.15, -0.1) is 0 Å². The zero-order chi connectivity index (χ0) is 118. The Morgan fingerprint density at radius 1 is 0.259 bits per heavy atom. The fourth-order valence-corrected chi connectivity index (χ4v) is 20.0. The SMILES string of the molecule is CCc1c[n+](C)c(-c2c(C)ccc3c2oc2nc(C(C)C)ccc23)cc1C(C)C.CCc1ccc2c(n1)oc1c(-c3cc(C(C)C)c(CC)c[n+]3C)c(C)ccc12.[2H]C([2H])(C)c1cc(-c2c(C)ccc3c2oc2nc(C(C)C)ccc23)[n+](C)cc1C([2H])(C)C([2H])([2H])[2H].[2H]C([2H])(C)c1cc(-c2c(C)ccc3c2oc2nc(C(C)C)ccc23)[n+](C)cc1C([2H])(C)C([2H])([2H])[2H].[2H]C([2H])(C)c1cc(-c2c(C)ccc3c2oc2nc(CC)ccc23)[n+](C)cc1C([2H])(C)C([2H])([2H])[2H]. The van der Waals surface area contributed by atoms with Gasteiger partial charge in [-0.2, -0.15) is 0 Å². The van der Waals surface area contributed by atoms with Gasteiger partial charge in [0, 0.05) is 165 Å². The van der Waals surface area contributed by atoms with Gasteiger partial charge in [0.2, 0.25) is 57.0 Å². The molecule has 0 N–H and O–H groups in total. The van der Waals surface area contributed by atoms with Crippen LogP contribution in [0.5, 0.6) is 0 Å². The Hall–Kier alpha value is -13.4. The molecule has 15 heterocycles. The number of hydrogen-bond donors (Lipinski definition) is 0. The van der Waals surface area contributed by atoms with Crippen molar-refractivity contribution in [2.45, 2.75) is 286 Å². The molecule has 143 heavy (non-hydrogen) atoms. The van der Waals surface area contributed by atoms with Gasteiger partial charge in [-0.25, -0.2) is 47.8 Å². The molecule has 0 spiro atoms. The van der Waals surface area contributed by atoms with Gasteiger partial charge < -0.3 is 22.1 Å². The molecule has 0 saturated heterocycles. The first kappa shape index (κ1) is 81.1. The second kappa shape index (κ2) is 42.3. The van der Waals surface area contributed by atoms with E-state index in [0.29, 0.717) is 68.7 Å². The predicted molar refractivity (Wildman–Crippen MR) is 593 cm³/mol. The molecule has 20 aromatic rings. The summed E-state index contributed by atoms with van der Waals surface area (Å²) in [5.74, 6) is -4.10. The summed E-state index contributed by atoms with van der Waals surface area (Å²) in [6.45, 7) is 40.7. The van der Waals surface area contributed by atoms with Gasteiger partial charge in [-0.1, -0.05) is 220 Å². The van der Waals surface area contributed by atoms with Crippen molar-refractivity contribution in [3.63, 3.8) is 0 Å². The summed E-state index contributed by atoms with van der Waals surface area (Å²) in [6, 6.07) is 51.0. The van der Waals surface area contributed by atoms with Crippen molar-refractivity contribution in [2.24, 2.45) is 35.2 Å². The predicted octanol–water partition coefficient (Wildman–Crippen LogP) is 31.8. The number of rotatable bonds is 20. The van der Waals surface area contributed by atoms with E-state index in [1.807, 2.05) is 100 Å². The number of nitrogens with zero attached hydrogens (tertiary/aromatic N) is 10. The Morgan fingerprint density at radius 2 is 0.483 bits per heavy atom. The van der Waals surface area contributed by atoms with E-state index in [0.717, 1.165) is 164 Å². The third-order valence-electron chi connectivity index (χ3n) is 28.2. The molecule has 738 valence electrons. The van der Waals surface area contributed by atoms with Gasteiger partial charge in [0.05, 0.1) is 27.8 Å². The van der Waals surface area contributed by atoms with E-state index in [2.05, 4.69) is 205 Å². The zero-order valence-electron chi connectivity index (χ0n) is 107. The van der Waals surface area contributed by atoms with Crippen LogP contribution in [0.1, 0.15) is 343 Å². The minimum Gasteiger partial charge on any atom is -0.437 e. The second-order valence-corrected chi connectivity index (χ2v) is 39.9. The van der Waals surface area contributed by atoms with Gasteiger partial charge in [-0.05, 0) is 243 Å². The van der Waals surface area contributed by atoms with Gasteiger partial charge in [0.15, 0.2) is 58.9 Å². The van der Waals surface area contributed by atoms with Crippen molar-refractivity contribution < 1.29 is 69.6 Å². The molecule has 3 unspecified atom stereocenters. The Morgan fingerprint density at radius 3 is 0.699 bits per heavy atom. The summed E-state index contributed by atoms with van der Waals surface area (Å²) in [7, 11) is 9.60. The van der Waals surface area contributed by atoms with Gasteiger partial charge >= 0.3 is 0 Å². The van der Waals surface area contributed by atoms with Crippen LogP contribution in [-0.4, -0.2) is 24.9 Å². The molecule has 0 fully saturated rings. The summed E-state index contributed by atoms with van der Waals surface area (Å²) >= 11 is 0. The topological polar surface area (TPSA) is 150 Å². The lowest BCUT2D eigenvalue weighted by molar-refractivity contribution is -0.661. The van der Waals surface area contributed by atoms with E-state index in [1.165, 1.54) is 97.4 Å². The van der Waals surface area contributed by atoms with Crippen LogP contribution in [0.3, 0.4) is 0 Å². The number of furan rings is 5. The van der Waals surface area contributed by atoms with E-state index in [9.17, 15) is 0 Å². The Kier molecular flexibility index (Phi) is 24.0. The van der Waals surface area contributed by atoms with Crippen molar-refractivity contribution in [3.8, 4) is 56.3 Å². The largest absolute Gasteiger partial charge is 0.437 e. The summed E-state index contributed by atoms with van der Waals surface area (Å²) in [5.41, 5.74) is 32.7. The first-order chi connectivity index (χ1) is 75.0. The van der Waals surface area contributed by atoms with E-state index < -0.39 is 57.4 Å². The molecule has 5 aromatic carbocycles. The molecule has 15 nitrogen and oxygen atoms in total. The molecule has 0 aliphatic heterocycles. The summed E-state index contributed by atoms with van der Waals surface area (Å²) in [6.07, 6.45) is 7.45. The van der Waals surface area contributed by atoms with Crippen LogP contribution in [0.2, 0.25) is 0 Å². The maximum atomic E-state index is 8.64. The number of aryl methyl sites for hydroxylation is 17. The van der Waals surface area contributed by atoms with Crippen LogP contribution in [0.25, 0.3) is 167 Å². The molecule has 0 aliphatic carbocycles. The highest BCUT2D eigenvalue weighted by Gasteiger charge is 2.32. The van der Waals surface area contributed by atoms with Crippen molar-refractivity contribution in [1.82, 2.24) is 24.9 Å². The van der Waals surface area contributed by atoms with Crippen molar-refractivity contribution >= 4 is 110 Å². The maximum Gasteiger partial charge on any atom is 0.227 e. The minimum absolute atomic E-state index is 0.133. The monoisotopic (exact) mass is 1930 g/mol. The van der Waals surface area contributed by atoms with Crippen LogP contribution >= 0.6 is 0 Å². The minimum atomic E-state index is -2.63. The van der Waals surface area contributed by atoms with Crippen LogP contribution in [0.15, 0.2) is 205 Å². The van der Waals surface area contributed by atoms with E-state index in [4.69, 9.17) is 66.7 Å². The fraction of sp³-hybridized carbons (Fsp3) is 0.375. The Balaban J connectivity index is 0.000000142. The van der Waals surface area contributed by atoms with Gasteiger partial charge in [-0.3, -0.25) is 0 Å². The average Bonchev–Trinajstić information content (AvgIpc) is 1.63. The summed E-state index contributed by atoms with van der Waals surface area (Å²) in [4.78, 5) is 23.6. The first-order valence-electron chi connectivity index (χ1n) is 59.3. The summed E-state index contributed by atoms with van der Waals surface area (Å²) < 4.78 is 189. The lowest BCUT2D eigenvalue weighted by Crippen LogP contribution is -2.32. The van der Waals surface area contributed by atoms with E-state index >= 15 is 0 Å². The van der Waals surface area contributed by atoms with E-state index in [-0.39, 0.29) is 45.2 Å². The maximum absolute atomic E-state index is 8.64. The van der Waals surface area contributed by atoms with Crippen LogP contribution in [0.4, 0.5) is 0 Å². The standard InChI is InChI=1S/3C26H31N2O.2C25H29N2O/c1-8-18-14-28(7)23(13-21(18)15(2)3)24-17(6)9-10-19-20-11-12-22(16(4)5)27-26(20)29-25(19)24;2*1-8-18-13-23(28(7)14-21(18)15(2)3)24-17(6)9-10-19-20-11-12-22(16(4)5)27-26(20)29-25(19)24;1-7-17-14-27(6)22(13-21(17)15(3)4)23-16(5)9-11-19-20-12-10-18(8-2)26-25(20)28-24(19)23;1-7-17-13-22(27(6)14-21(17)15(3)4)23-16(5)9-11-19-20-12-10-18(8-2)26-25(20)28-24(19)23/h3*9-16H,8H2,1-7H3;2*9-15H,7-8H2,1-6H3/q5*+1/i;2*2D3,8D2,15D;;3D3,7D2,15D. The molecule has 0 aliphatic rings. The van der Waals surface area contributed by atoms with Crippen molar-refractivity contribution in [2.75, 3.05) is 0 Å². The molecule has 0 radical (unpaired) electrons. The average molecular weight is 1930 g/mol. The second-order valence-electron chi connectivity index (χ2n) is 39.9. The number of aromatic nitrogens is 10. The lowest BCUT2D eigenvalue weighted by Gasteiger charge is -2.13. The normalized spacial score (nSPS) is 15.6. The van der Waals surface area contributed by atoms with Crippen molar-refractivity contribution in [3.05, 3.63) is 295 Å². The number of fused-ring (bicyclic) bond motifs is 15. The molecule has 0 amide bonds. The van der Waals surface area contributed by atoms with E-state index in [1.54, 1.807) is 71.6 Å². The highest BCUT2D eigenvalue weighted by molar-refractivity contribution is 6.13. The van der Waals surface area contributed by atoms with Crippen LogP contribution in [-0.2, 0) is 80.0 Å². The smallest absolute Gasteiger partial charge is 0.227 e. The highest BCUT2D eigenvalue weighted by Crippen LogP contribution is 2.46. The summed E-state index contributed by atoms with van der Waals surface area (Å²) in [5, 5.41) is 9.86. The third-order valence-corrected chi connectivity index (χ3v) is 28.2. The Bertz CT molecular complexity index is 8910. The third kappa shape index (κ3) is 19.8. The van der Waals surface area contributed by atoms with Gasteiger partial charge in [0.25, 0.3) is 0 Å². The van der Waals surface area contributed by atoms with Crippen LogP contribution < -0.4 is 22.8 Å². The van der Waals surface area contributed by atoms with Crippen LogP contribution in [0, 0.1) is 34.6 Å². The molecular weight excluding hydrogens is 1760 g/mol. The molecule has 0 bridgehead atoms. The zero-order valence-corrected chi connectivity index (χ0v) is 89.0. The molecular formula is C128H151N10O5+5. The number of hydrogen-bond acceptors (Lipinski definition) is 10. The highest BCUT2D eigenvalue weighted by atomic mass is 16.4. The molecule has 15 heteroatoms. The number of pyridine rings is 10. The number of benzene rings is 5. The fourth-order valence-electron chi connectivity index (χ4n) is 20.0. The lowest BCUT2D eigenvalue weighted by atomic mass is 9.93. The molecule has 3 atom stereocenters. The van der Waals surface area contributed by atoms with Gasteiger partial charge in [0.1, 0.15) is 35.2 Å². The molecule has 0 saturated carbocycles. The molecule has 15 aromatic heterocycles. The van der Waals surface area contributed by atoms with Crippen molar-refractivity contribution in [1.29, 1.82) is 0 Å².